The number of esters is 1. The number of nitrogens with zero attached hydrogens (tertiary/aromatic N) is 1. The van der Waals surface area contributed by atoms with E-state index in [9.17, 15) is 4.79 Å². The lowest BCUT2D eigenvalue weighted by Gasteiger charge is -2.36. The van der Waals surface area contributed by atoms with Crippen molar-refractivity contribution in [2.45, 2.75) is 12.7 Å². The van der Waals surface area contributed by atoms with Gasteiger partial charge in [0.2, 0.25) is 0 Å². The van der Waals surface area contributed by atoms with Crippen LogP contribution in [0.1, 0.15) is 12.6 Å². The second-order valence-corrected chi connectivity index (χ2v) is 4.40. The van der Waals surface area contributed by atoms with Crippen LogP contribution in [0.25, 0.3) is 0 Å². The molecule has 1 aliphatic heterocycles. The number of carbonyl (C=O) groups is 1. The smallest absolute Gasteiger partial charge is 0.332 e. The van der Waals surface area contributed by atoms with Gasteiger partial charge in [-0.05, 0) is 24.3 Å². The molecule has 0 fully saturated rings. The van der Waals surface area contributed by atoms with E-state index in [0.717, 1.165) is 0 Å². The summed E-state index contributed by atoms with van der Waals surface area (Å²) >= 11 is 0. The van der Waals surface area contributed by atoms with Crippen molar-refractivity contribution in [1.82, 2.24) is 4.98 Å². The molecule has 0 radical (unpaired) electrons. The Morgan fingerprint density at radius 1 is 1.20 bits per heavy atom. The van der Waals surface area contributed by atoms with E-state index in [2.05, 4.69) is 4.98 Å². The van der Waals surface area contributed by atoms with Crippen molar-refractivity contribution < 1.29 is 19.0 Å². The first-order chi connectivity index (χ1) is 9.70. The van der Waals surface area contributed by atoms with Crippen LogP contribution in [0.4, 0.5) is 0 Å². The largest absolute Gasteiger partial charge is 0.481 e. The van der Waals surface area contributed by atoms with E-state index >= 15 is 0 Å². The van der Waals surface area contributed by atoms with Crippen molar-refractivity contribution in [1.29, 1.82) is 0 Å². The van der Waals surface area contributed by atoms with Crippen molar-refractivity contribution in [2.75, 3.05) is 6.61 Å². The van der Waals surface area contributed by atoms with Crippen LogP contribution in [0.2, 0.25) is 0 Å². The number of carbonyl (C=O) groups excluding carboxylic acids is 1. The number of rotatable bonds is 2. The van der Waals surface area contributed by atoms with Gasteiger partial charge >= 0.3 is 11.8 Å². The zero-order valence-electron chi connectivity index (χ0n) is 10.9. The summed E-state index contributed by atoms with van der Waals surface area (Å²) in [5, 5.41) is 0. The normalized spacial score (nSPS) is 20.2. The first-order valence-corrected chi connectivity index (χ1v) is 6.21. The standard InChI is InChI=1S/C15H13NO4/c1-11(17)19-15(14-8-4-5-9-16-14)10-18-12-6-2-3-7-13(12)20-15/h2-9H,10H2,1H3/t15-/m0/s1. The molecular weight excluding hydrogens is 258 g/mol. The predicted molar refractivity (Wildman–Crippen MR) is 70.2 cm³/mol. The molecule has 1 atom stereocenters. The molecule has 5 nitrogen and oxygen atoms in total. The second-order valence-electron chi connectivity index (χ2n) is 4.40. The highest BCUT2D eigenvalue weighted by Gasteiger charge is 2.44. The number of aromatic nitrogens is 1. The highest BCUT2D eigenvalue weighted by atomic mass is 16.7. The van der Waals surface area contributed by atoms with Gasteiger partial charge in [-0.1, -0.05) is 18.2 Å². The fraction of sp³-hybridized carbons (Fsp3) is 0.200. The fourth-order valence-electron chi connectivity index (χ4n) is 2.08. The Morgan fingerprint density at radius 2 is 1.95 bits per heavy atom. The molecule has 102 valence electrons. The zero-order chi connectivity index (χ0) is 14.0. The Balaban J connectivity index is 2.03. The van der Waals surface area contributed by atoms with Crippen molar-refractivity contribution in [3.05, 3.63) is 54.4 Å². The van der Waals surface area contributed by atoms with Crippen LogP contribution >= 0.6 is 0 Å². The van der Waals surface area contributed by atoms with Crippen LogP contribution in [-0.2, 0) is 15.3 Å². The molecule has 0 N–H and O–H groups in total. The van der Waals surface area contributed by atoms with Gasteiger partial charge in [0.15, 0.2) is 18.1 Å². The molecule has 1 aromatic heterocycles. The van der Waals surface area contributed by atoms with E-state index in [1.54, 1.807) is 36.5 Å². The van der Waals surface area contributed by atoms with E-state index in [1.807, 2.05) is 12.1 Å². The van der Waals surface area contributed by atoms with Gasteiger partial charge < -0.3 is 14.2 Å². The van der Waals surface area contributed by atoms with Crippen molar-refractivity contribution in [3.63, 3.8) is 0 Å². The van der Waals surface area contributed by atoms with Crippen molar-refractivity contribution in [3.8, 4) is 11.5 Å². The molecule has 2 aromatic rings. The molecule has 5 heteroatoms. The van der Waals surface area contributed by atoms with Gasteiger partial charge in [-0.25, -0.2) is 0 Å². The number of hydrogen-bond donors (Lipinski definition) is 0. The van der Waals surface area contributed by atoms with Crippen LogP contribution in [0, 0.1) is 0 Å². The molecule has 3 rings (SSSR count). The molecule has 0 bridgehead atoms. The topological polar surface area (TPSA) is 57.7 Å². The van der Waals surface area contributed by atoms with Gasteiger partial charge in [0.25, 0.3) is 0 Å². The summed E-state index contributed by atoms with van der Waals surface area (Å²) < 4.78 is 16.9. The van der Waals surface area contributed by atoms with Crippen LogP contribution in [0.3, 0.4) is 0 Å². The van der Waals surface area contributed by atoms with Crippen LogP contribution in [-0.4, -0.2) is 17.6 Å². The van der Waals surface area contributed by atoms with E-state index in [0.29, 0.717) is 17.2 Å². The lowest BCUT2D eigenvalue weighted by atomic mass is 10.1. The summed E-state index contributed by atoms with van der Waals surface area (Å²) in [6, 6.07) is 12.5. The van der Waals surface area contributed by atoms with Crippen molar-refractivity contribution in [2.24, 2.45) is 0 Å². The Kier molecular flexibility index (Phi) is 3.02. The first kappa shape index (κ1) is 12.5. The highest BCUT2D eigenvalue weighted by molar-refractivity contribution is 5.66. The Morgan fingerprint density at radius 3 is 2.65 bits per heavy atom. The summed E-state index contributed by atoms with van der Waals surface area (Å²) in [4.78, 5) is 15.6. The fourth-order valence-corrected chi connectivity index (χ4v) is 2.08. The third kappa shape index (κ3) is 2.18. The molecule has 1 aliphatic rings. The van der Waals surface area contributed by atoms with Gasteiger partial charge in [-0.3, -0.25) is 9.78 Å². The summed E-state index contributed by atoms with van der Waals surface area (Å²) in [6.45, 7) is 1.38. The zero-order valence-corrected chi connectivity index (χ0v) is 10.9. The minimum Gasteiger partial charge on any atom is -0.481 e. The second kappa shape index (κ2) is 4.85. The van der Waals surface area contributed by atoms with Crippen LogP contribution < -0.4 is 9.47 Å². The molecule has 0 aliphatic carbocycles. The minimum atomic E-state index is -1.35. The summed E-state index contributed by atoms with van der Waals surface area (Å²) in [6.07, 6.45) is 1.62. The average molecular weight is 271 g/mol. The maximum absolute atomic E-state index is 11.4. The molecule has 0 amide bonds. The number of ether oxygens (including phenoxy) is 3. The molecular formula is C15H13NO4. The lowest BCUT2D eigenvalue weighted by molar-refractivity contribution is -0.220. The Hall–Kier alpha value is -2.56. The third-order valence-corrected chi connectivity index (χ3v) is 2.91. The molecule has 0 spiro atoms. The number of hydrogen-bond acceptors (Lipinski definition) is 5. The SMILES string of the molecule is CC(=O)O[C@@]1(c2ccccn2)COc2ccccc2O1. The quantitative estimate of drug-likeness (QED) is 0.784. The van der Waals surface area contributed by atoms with Crippen molar-refractivity contribution >= 4 is 5.97 Å². The van der Waals surface area contributed by atoms with E-state index in [4.69, 9.17) is 14.2 Å². The molecule has 0 unspecified atom stereocenters. The number of fused-ring (bicyclic) bond motifs is 1. The molecule has 1 aromatic carbocycles. The summed E-state index contributed by atoms with van der Waals surface area (Å²) in [5.41, 5.74) is 0.490. The van der Waals surface area contributed by atoms with Crippen LogP contribution in [0.15, 0.2) is 48.7 Å². The maximum atomic E-state index is 11.4. The maximum Gasteiger partial charge on any atom is 0.332 e. The molecule has 0 saturated heterocycles. The molecule has 2 heterocycles. The van der Waals surface area contributed by atoms with Gasteiger partial charge in [-0.2, -0.15) is 0 Å². The van der Waals surface area contributed by atoms with E-state index in [-0.39, 0.29) is 6.61 Å². The van der Waals surface area contributed by atoms with Crippen LogP contribution in [0.5, 0.6) is 11.5 Å². The minimum absolute atomic E-state index is 0.0562. The highest BCUT2D eigenvalue weighted by Crippen LogP contribution is 2.39. The predicted octanol–water partition coefficient (Wildman–Crippen LogP) is 2.27. The van der Waals surface area contributed by atoms with Gasteiger partial charge in [0, 0.05) is 13.1 Å². The third-order valence-electron chi connectivity index (χ3n) is 2.91. The van der Waals surface area contributed by atoms with E-state index < -0.39 is 11.8 Å². The Bertz CT molecular complexity index is 629. The van der Waals surface area contributed by atoms with Gasteiger partial charge in [0.1, 0.15) is 5.69 Å². The number of pyridine rings is 1. The van der Waals surface area contributed by atoms with Gasteiger partial charge in [0.05, 0.1) is 0 Å². The first-order valence-electron chi connectivity index (χ1n) is 6.21. The molecule has 20 heavy (non-hydrogen) atoms. The lowest BCUT2D eigenvalue weighted by Crippen LogP contribution is -2.46. The average Bonchev–Trinajstić information content (AvgIpc) is 2.47. The summed E-state index contributed by atoms with van der Waals surface area (Å²) in [7, 11) is 0. The monoisotopic (exact) mass is 271 g/mol. The Labute approximate surface area is 116 Å². The van der Waals surface area contributed by atoms with Gasteiger partial charge in [-0.15, -0.1) is 0 Å². The molecule has 0 saturated carbocycles. The summed E-state index contributed by atoms with van der Waals surface area (Å²) in [5.74, 6) is -0.669. The number of para-hydroxylation sites is 2. The number of benzene rings is 1. The van der Waals surface area contributed by atoms with E-state index in [1.165, 1.54) is 6.92 Å².